The summed E-state index contributed by atoms with van der Waals surface area (Å²) in [5.74, 6) is 1.58. The molecule has 1 aromatic heterocycles. The van der Waals surface area contributed by atoms with Crippen LogP contribution in [0.3, 0.4) is 0 Å². The topological polar surface area (TPSA) is 59.4 Å². The minimum Gasteiger partial charge on any atom is -0.410 e. The molecule has 142 valence electrons. The van der Waals surface area contributed by atoms with Gasteiger partial charge in [-0.25, -0.2) is 9.78 Å². The monoisotopic (exact) mass is 358 g/mol. The maximum Gasteiger partial charge on any atom is 0.412 e. The van der Waals surface area contributed by atoms with Gasteiger partial charge in [0, 0.05) is 31.6 Å². The largest absolute Gasteiger partial charge is 0.412 e. The van der Waals surface area contributed by atoms with Gasteiger partial charge in [0.15, 0.2) is 0 Å². The number of imidazole rings is 1. The van der Waals surface area contributed by atoms with E-state index in [1.165, 1.54) is 32.4 Å². The SMILES string of the molecule is CNC(=O)Oc1ccc2c(c1)nc(C(C)(C)C)n2CCN1CCCCC1. The summed E-state index contributed by atoms with van der Waals surface area (Å²) in [6.07, 6.45) is 3.49. The van der Waals surface area contributed by atoms with Crippen molar-refractivity contribution >= 4 is 17.1 Å². The quantitative estimate of drug-likeness (QED) is 0.908. The number of rotatable bonds is 4. The van der Waals surface area contributed by atoms with Gasteiger partial charge in [-0.2, -0.15) is 0 Å². The molecule has 0 atom stereocenters. The van der Waals surface area contributed by atoms with Crippen LogP contribution in [0, 0.1) is 0 Å². The molecule has 0 aliphatic carbocycles. The molecule has 0 bridgehead atoms. The van der Waals surface area contributed by atoms with Gasteiger partial charge < -0.3 is 19.5 Å². The molecule has 1 fully saturated rings. The first kappa shape index (κ1) is 18.7. The Bertz CT molecular complexity index is 770. The van der Waals surface area contributed by atoms with Gasteiger partial charge in [0.1, 0.15) is 11.6 Å². The summed E-state index contributed by atoms with van der Waals surface area (Å²) in [7, 11) is 1.55. The van der Waals surface area contributed by atoms with E-state index in [1.807, 2.05) is 18.2 Å². The summed E-state index contributed by atoms with van der Waals surface area (Å²) in [5, 5.41) is 2.47. The van der Waals surface area contributed by atoms with Gasteiger partial charge in [0.25, 0.3) is 0 Å². The van der Waals surface area contributed by atoms with Crippen molar-refractivity contribution in [3.63, 3.8) is 0 Å². The second-order valence-corrected chi connectivity index (χ2v) is 8.03. The van der Waals surface area contributed by atoms with Gasteiger partial charge in [-0.15, -0.1) is 0 Å². The molecule has 1 amide bonds. The number of hydrogen-bond acceptors (Lipinski definition) is 4. The molecule has 6 heteroatoms. The van der Waals surface area contributed by atoms with E-state index < -0.39 is 6.09 Å². The third-order valence-electron chi connectivity index (χ3n) is 4.89. The number of amides is 1. The Balaban J connectivity index is 1.89. The van der Waals surface area contributed by atoms with Crippen molar-refractivity contribution in [2.24, 2.45) is 0 Å². The van der Waals surface area contributed by atoms with Crippen molar-refractivity contribution in [2.75, 3.05) is 26.7 Å². The molecule has 2 heterocycles. The van der Waals surface area contributed by atoms with Crippen LogP contribution in [0.25, 0.3) is 11.0 Å². The third kappa shape index (κ3) is 4.18. The standard InChI is InChI=1S/C20H30N4O2/c1-20(2,3)18-22-16-14-15(26-19(25)21-4)8-9-17(16)24(18)13-12-23-10-6-5-7-11-23/h8-9,14H,5-7,10-13H2,1-4H3,(H,21,25). The Labute approximate surface area is 155 Å². The van der Waals surface area contributed by atoms with Gasteiger partial charge in [-0.1, -0.05) is 27.2 Å². The third-order valence-corrected chi connectivity index (χ3v) is 4.89. The Morgan fingerprint density at radius 3 is 2.58 bits per heavy atom. The van der Waals surface area contributed by atoms with Crippen LogP contribution in [0.5, 0.6) is 5.75 Å². The zero-order chi connectivity index (χ0) is 18.7. The van der Waals surface area contributed by atoms with Crippen LogP contribution in [0.1, 0.15) is 45.9 Å². The second kappa shape index (κ2) is 7.66. The second-order valence-electron chi connectivity index (χ2n) is 8.03. The zero-order valence-corrected chi connectivity index (χ0v) is 16.3. The minimum absolute atomic E-state index is 0.0528. The van der Waals surface area contributed by atoms with Crippen molar-refractivity contribution in [2.45, 2.75) is 52.0 Å². The van der Waals surface area contributed by atoms with E-state index in [0.717, 1.165) is 29.9 Å². The predicted molar refractivity (Wildman–Crippen MR) is 104 cm³/mol. The van der Waals surface area contributed by atoms with Crippen LogP contribution in [-0.4, -0.2) is 47.2 Å². The molecule has 1 N–H and O–H groups in total. The lowest BCUT2D eigenvalue weighted by molar-refractivity contribution is 0.203. The first-order valence-corrected chi connectivity index (χ1v) is 9.51. The fourth-order valence-electron chi connectivity index (χ4n) is 3.55. The molecule has 26 heavy (non-hydrogen) atoms. The zero-order valence-electron chi connectivity index (χ0n) is 16.3. The smallest absolute Gasteiger partial charge is 0.410 e. The number of benzene rings is 1. The van der Waals surface area contributed by atoms with E-state index >= 15 is 0 Å². The summed E-state index contributed by atoms with van der Waals surface area (Å²) < 4.78 is 7.58. The molecule has 1 aliphatic rings. The summed E-state index contributed by atoms with van der Waals surface area (Å²) >= 11 is 0. The van der Waals surface area contributed by atoms with Crippen LogP contribution in [0.15, 0.2) is 18.2 Å². The van der Waals surface area contributed by atoms with E-state index in [1.54, 1.807) is 7.05 Å². The van der Waals surface area contributed by atoms with E-state index in [4.69, 9.17) is 9.72 Å². The van der Waals surface area contributed by atoms with Crippen molar-refractivity contribution in [1.29, 1.82) is 0 Å². The highest BCUT2D eigenvalue weighted by molar-refractivity contribution is 5.79. The van der Waals surface area contributed by atoms with Crippen LogP contribution in [0.4, 0.5) is 4.79 Å². The van der Waals surface area contributed by atoms with Crippen molar-refractivity contribution in [3.05, 3.63) is 24.0 Å². The van der Waals surface area contributed by atoms with Crippen LogP contribution in [0.2, 0.25) is 0 Å². The van der Waals surface area contributed by atoms with Gasteiger partial charge in [0.05, 0.1) is 11.0 Å². The molecule has 1 saturated heterocycles. The predicted octanol–water partition coefficient (Wildman–Crippen LogP) is 3.54. The maximum absolute atomic E-state index is 11.5. The first-order valence-electron chi connectivity index (χ1n) is 9.51. The molecule has 0 radical (unpaired) electrons. The first-order chi connectivity index (χ1) is 12.4. The number of nitrogens with one attached hydrogen (secondary N) is 1. The molecule has 0 spiro atoms. The van der Waals surface area contributed by atoms with E-state index in [-0.39, 0.29) is 5.41 Å². The Kier molecular flexibility index (Phi) is 5.51. The highest BCUT2D eigenvalue weighted by Gasteiger charge is 2.23. The molecule has 3 rings (SSSR count). The molecule has 6 nitrogen and oxygen atoms in total. The number of ether oxygens (including phenoxy) is 1. The highest BCUT2D eigenvalue weighted by Crippen LogP contribution is 2.29. The molecular formula is C20H30N4O2. The van der Waals surface area contributed by atoms with E-state index in [9.17, 15) is 4.79 Å². The molecular weight excluding hydrogens is 328 g/mol. The molecule has 0 saturated carbocycles. The highest BCUT2D eigenvalue weighted by atomic mass is 16.5. The van der Waals surface area contributed by atoms with Gasteiger partial charge in [-0.3, -0.25) is 0 Å². The average molecular weight is 358 g/mol. The van der Waals surface area contributed by atoms with Crippen LogP contribution in [-0.2, 0) is 12.0 Å². The van der Waals surface area contributed by atoms with Crippen molar-refractivity contribution < 1.29 is 9.53 Å². The van der Waals surface area contributed by atoms with E-state index in [0.29, 0.717) is 5.75 Å². The van der Waals surface area contributed by atoms with Crippen LogP contribution < -0.4 is 10.1 Å². The van der Waals surface area contributed by atoms with E-state index in [2.05, 4.69) is 35.6 Å². The molecule has 1 aromatic carbocycles. The minimum atomic E-state index is -0.468. The molecule has 1 aliphatic heterocycles. The maximum atomic E-state index is 11.5. The fraction of sp³-hybridized carbons (Fsp3) is 0.600. The number of hydrogen-bond donors (Lipinski definition) is 1. The number of fused-ring (bicyclic) bond motifs is 1. The van der Waals surface area contributed by atoms with Crippen molar-refractivity contribution in [1.82, 2.24) is 19.8 Å². The van der Waals surface area contributed by atoms with Crippen molar-refractivity contribution in [3.8, 4) is 5.75 Å². The lowest BCUT2D eigenvalue weighted by Crippen LogP contribution is -2.33. The number of piperidine rings is 1. The summed E-state index contributed by atoms with van der Waals surface area (Å²) in [5.41, 5.74) is 1.91. The number of aromatic nitrogens is 2. The Morgan fingerprint density at radius 1 is 1.19 bits per heavy atom. The van der Waals surface area contributed by atoms with Crippen LogP contribution >= 0.6 is 0 Å². The summed E-state index contributed by atoms with van der Waals surface area (Å²) in [6.45, 7) is 10.9. The van der Waals surface area contributed by atoms with Gasteiger partial charge in [-0.05, 0) is 38.1 Å². The average Bonchev–Trinajstić information content (AvgIpc) is 2.99. The number of carbonyl (C=O) groups excluding carboxylic acids is 1. The lowest BCUT2D eigenvalue weighted by Gasteiger charge is -2.28. The molecule has 2 aromatic rings. The van der Waals surface area contributed by atoms with Gasteiger partial charge >= 0.3 is 6.09 Å². The normalized spacial score (nSPS) is 16.0. The number of carbonyl (C=O) groups is 1. The lowest BCUT2D eigenvalue weighted by atomic mass is 9.95. The summed E-state index contributed by atoms with van der Waals surface area (Å²) in [4.78, 5) is 18.9. The fourth-order valence-corrected chi connectivity index (χ4v) is 3.55. The number of likely N-dealkylation sites (tertiary alicyclic amines) is 1. The van der Waals surface area contributed by atoms with Gasteiger partial charge in [0.2, 0.25) is 0 Å². The number of nitrogens with zero attached hydrogens (tertiary/aromatic N) is 3. The Hall–Kier alpha value is -2.08. The molecule has 0 unspecified atom stereocenters. The Morgan fingerprint density at radius 2 is 1.92 bits per heavy atom. The summed E-state index contributed by atoms with van der Waals surface area (Å²) in [6, 6.07) is 5.69.